The lowest BCUT2D eigenvalue weighted by molar-refractivity contribution is 0.0946. The van der Waals surface area contributed by atoms with Gasteiger partial charge in [0.25, 0.3) is 5.91 Å². The lowest BCUT2D eigenvalue weighted by Crippen LogP contribution is -2.32. The molecule has 0 fully saturated rings. The van der Waals surface area contributed by atoms with E-state index in [0.29, 0.717) is 23.2 Å². The van der Waals surface area contributed by atoms with Gasteiger partial charge in [-0.15, -0.1) is 0 Å². The Kier molecular flexibility index (Phi) is 3.34. The van der Waals surface area contributed by atoms with Gasteiger partial charge in [-0.3, -0.25) is 9.59 Å². The molecule has 0 atom stereocenters. The Morgan fingerprint density at radius 3 is 2.76 bits per heavy atom. The van der Waals surface area contributed by atoms with E-state index < -0.39 is 0 Å². The zero-order valence-corrected chi connectivity index (χ0v) is 12.2. The molecule has 3 nitrogen and oxygen atoms in total. The molecule has 0 aromatic heterocycles. The number of fused-ring (bicyclic) bond motifs is 1. The molecule has 0 saturated heterocycles. The number of amides is 1. The molecular formula is C18H17NO2. The van der Waals surface area contributed by atoms with Crippen molar-refractivity contribution in [3.05, 3.63) is 69.8 Å². The molecule has 0 aliphatic carbocycles. The number of rotatable bonds is 2. The van der Waals surface area contributed by atoms with Crippen molar-refractivity contribution in [2.24, 2.45) is 0 Å². The van der Waals surface area contributed by atoms with E-state index in [1.807, 2.05) is 44.2 Å². The maximum Gasteiger partial charge on any atom is 0.251 e. The normalized spacial score (nSPS) is 13.5. The minimum Gasteiger partial charge on any atom is -0.352 e. The van der Waals surface area contributed by atoms with Crippen LogP contribution in [-0.2, 0) is 6.42 Å². The Labute approximate surface area is 124 Å². The summed E-state index contributed by atoms with van der Waals surface area (Å²) in [4.78, 5) is 24.6. The summed E-state index contributed by atoms with van der Waals surface area (Å²) in [6.07, 6.45) is 0.818. The summed E-state index contributed by atoms with van der Waals surface area (Å²) in [7, 11) is 0. The number of aryl methyl sites for hydroxylation is 1. The summed E-state index contributed by atoms with van der Waals surface area (Å²) < 4.78 is 0. The van der Waals surface area contributed by atoms with Gasteiger partial charge in [0, 0.05) is 23.2 Å². The summed E-state index contributed by atoms with van der Waals surface area (Å²) in [5.74, 6) is -0.121. The van der Waals surface area contributed by atoms with E-state index in [2.05, 4.69) is 5.32 Å². The van der Waals surface area contributed by atoms with Gasteiger partial charge in [0.05, 0.1) is 0 Å². The first-order valence-corrected chi connectivity index (χ1v) is 7.10. The SMILES string of the molecule is Cc1cccc(C(=O)c2ccc3c(c2)C(=O)NCC3)c1C. The molecule has 1 aliphatic rings. The van der Waals surface area contributed by atoms with Crippen molar-refractivity contribution in [1.29, 1.82) is 0 Å². The van der Waals surface area contributed by atoms with Crippen molar-refractivity contribution >= 4 is 11.7 Å². The van der Waals surface area contributed by atoms with E-state index in [4.69, 9.17) is 0 Å². The van der Waals surface area contributed by atoms with E-state index >= 15 is 0 Å². The number of hydrogen-bond donors (Lipinski definition) is 1. The van der Waals surface area contributed by atoms with Gasteiger partial charge in [-0.2, -0.15) is 0 Å². The van der Waals surface area contributed by atoms with Gasteiger partial charge in [0.2, 0.25) is 0 Å². The van der Waals surface area contributed by atoms with Gasteiger partial charge in [0.15, 0.2) is 5.78 Å². The van der Waals surface area contributed by atoms with Gasteiger partial charge < -0.3 is 5.32 Å². The summed E-state index contributed by atoms with van der Waals surface area (Å²) in [5.41, 5.74) is 4.99. The van der Waals surface area contributed by atoms with Gasteiger partial charge in [-0.05, 0) is 43.0 Å². The molecule has 0 saturated carbocycles. The molecule has 3 rings (SSSR count). The smallest absolute Gasteiger partial charge is 0.251 e. The minimum atomic E-state index is -0.0909. The van der Waals surface area contributed by atoms with E-state index in [1.54, 1.807) is 6.07 Å². The Bertz CT molecular complexity index is 747. The Hall–Kier alpha value is -2.42. The van der Waals surface area contributed by atoms with E-state index in [1.165, 1.54) is 0 Å². The van der Waals surface area contributed by atoms with Crippen LogP contribution in [0.1, 0.15) is 43.0 Å². The fraction of sp³-hybridized carbons (Fsp3) is 0.222. The van der Waals surface area contributed by atoms with Crippen LogP contribution in [0.25, 0.3) is 0 Å². The number of nitrogens with one attached hydrogen (secondary N) is 1. The quantitative estimate of drug-likeness (QED) is 0.859. The van der Waals surface area contributed by atoms with Gasteiger partial charge in [-0.25, -0.2) is 0 Å². The average molecular weight is 279 g/mol. The van der Waals surface area contributed by atoms with Crippen molar-refractivity contribution in [3.63, 3.8) is 0 Å². The van der Waals surface area contributed by atoms with Crippen LogP contribution in [-0.4, -0.2) is 18.2 Å². The Morgan fingerprint density at radius 1 is 1.14 bits per heavy atom. The van der Waals surface area contributed by atoms with Crippen LogP contribution in [0.2, 0.25) is 0 Å². The molecule has 0 radical (unpaired) electrons. The number of hydrogen-bond acceptors (Lipinski definition) is 2. The van der Waals surface area contributed by atoms with Crippen LogP contribution in [0.5, 0.6) is 0 Å². The fourth-order valence-corrected chi connectivity index (χ4v) is 2.71. The van der Waals surface area contributed by atoms with E-state index in [-0.39, 0.29) is 11.7 Å². The number of benzene rings is 2. The van der Waals surface area contributed by atoms with Crippen molar-refractivity contribution in [1.82, 2.24) is 5.32 Å². The molecule has 1 heterocycles. The highest BCUT2D eigenvalue weighted by Gasteiger charge is 2.20. The van der Waals surface area contributed by atoms with E-state index in [0.717, 1.165) is 23.1 Å². The van der Waals surface area contributed by atoms with Crippen molar-refractivity contribution in [2.75, 3.05) is 6.54 Å². The predicted octanol–water partition coefficient (Wildman–Crippen LogP) is 2.82. The van der Waals surface area contributed by atoms with Gasteiger partial charge in [0.1, 0.15) is 0 Å². The largest absolute Gasteiger partial charge is 0.352 e. The van der Waals surface area contributed by atoms with Crippen molar-refractivity contribution in [3.8, 4) is 0 Å². The first kappa shape index (κ1) is 13.6. The maximum atomic E-state index is 12.7. The molecule has 2 aromatic rings. The molecule has 1 amide bonds. The lowest BCUT2D eigenvalue weighted by atomic mass is 9.92. The van der Waals surface area contributed by atoms with Gasteiger partial charge >= 0.3 is 0 Å². The zero-order chi connectivity index (χ0) is 15.0. The number of carbonyl (C=O) groups is 2. The molecule has 0 bridgehead atoms. The summed E-state index contributed by atoms with van der Waals surface area (Å²) in [5, 5.41) is 2.81. The maximum absolute atomic E-state index is 12.7. The predicted molar refractivity (Wildman–Crippen MR) is 81.8 cm³/mol. The van der Waals surface area contributed by atoms with Crippen LogP contribution >= 0.6 is 0 Å². The highest BCUT2D eigenvalue weighted by Crippen LogP contribution is 2.21. The first-order chi connectivity index (χ1) is 10.1. The third kappa shape index (κ3) is 2.35. The molecule has 1 N–H and O–H groups in total. The number of ketones is 1. The third-order valence-electron chi connectivity index (χ3n) is 4.15. The lowest BCUT2D eigenvalue weighted by Gasteiger charge is -2.17. The van der Waals surface area contributed by atoms with Gasteiger partial charge in [-0.1, -0.05) is 30.3 Å². The monoisotopic (exact) mass is 279 g/mol. The summed E-state index contributed by atoms with van der Waals surface area (Å²) in [6.45, 7) is 4.61. The Balaban J connectivity index is 2.05. The standard InChI is InChI=1S/C18H17NO2/c1-11-4-3-5-15(12(11)2)17(20)14-7-6-13-8-9-19-18(21)16(13)10-14/h3-7,10H,8-9H2,1-2H3,(H,19,21). The van der Waals surface area contributed by atoms with E-state index in [9.17, 15) is 9.59 Å². The topological polar surface area (TPSA) is 46.2 Å². The Morgan fingerprint density at radius 2 is 1.95 bits per heavy atom. The zero-order valence-electron chi connectivity index (χ0n) is 12.2. The molecule has 21 heavy (non-hydrogen) atoms. The second-order valence-electron chi connectivity index (χ2n) is 5.45. The molecule has 2 aromatic carbocycles. The molecular weight excluding hydrogens is 262 g/mol. The highest BCUT2D eigenvalue weighted by molar-refractivity contribution is 6.11. The van der Waals surface area contributed by atoms with Crippen LogP contribution in [0, 0.1) is 13.8 Å². The minimum absolute atomic E-state index is 0.0302. The molecule has 1 aliphatic heterocycles. The first-order valence-electron chi connectivity index (χ1n) is 7.10. The molecule has 0 spiro atoms. The highest BCUT2D eigenvalue weighted by atomic mass is 16.1. The number of carbonyl (C=O) groups excluding carboxylic acids is 2. The van der Waals surface area contributed by atoms with Crippen LogP contribution in [0.4, 0.5) is 0 Å². The molecule has 0 unspecified atom stereocenters. The summed E-state index contributed by atoms with van der Waals surface area (Å²) in [6, 6.07) is 11.2. The molecule has 3 heteroatoms. The summed E-state index contributed by atoms with van der Waals surface area (Å²) >= 11 is 0. The van der Waals surface area contributed by atoms with Crippen LogP contribution < -0.4 is 5.32 Å². The molecule has 106 valence electrons. The average Bonchev–Trinajstić information content (AvgIpc) is 2.49. The van der Waals surface area contributed by atoms with Crippen molar-refractivity contribution in [2.45, 2.75) is 20.3 Å². The second kappa shape index (κ2) is 5.17. The fourth-order valence-electron chi connectivity index (χ4n) is 2.71. The van der Waals surface area contributed by atoms with Crippen LogP contribution in [0.3, 0.4) is 0 Å². The second-order valence-corrected chi connectivity index (χ2v) is 5.45. The van der Waals surface area contributed by atoms with Crippen LogP contribution in [0.15, 0.2) is 36.4 Å². The third-order valence-corrected chi connectivity index (χ3v) is 4.15. The van der Waals surface area contributed by atoms with Crippen molar-refractivity contribution < 1.29 is 9.59 Å².